The van der Waals surface area contributed by atoms with Gasteiger partial charge in [0, 0.05) is 56.4 Å². The monoisotopic (exact) mass is 894 g/mol. The summed E-state index contributed by atoms with van der Waals surface area (Å²) < 4.78 is 40.3. The van der Waals surface area contributed by atoms with Gasteiger partial charge in [0.1, 0.15) is 5.75 Å². The van der Waals surface area contributed by atoms with Crippen molar-refractivity contribution >= 4 is 27.6 Å². The number of H-pyrrole nitrogens is 1. The molecule has 1 saturated carbocycles. The molecular formula is C32H47F3N4O5SU. The minimum Gasteiger partial charge on any atom is -0.406 e. The first-order valence-corrected chi connectivity index (χ1v) is 18.3. The van der Waals surface area contributed by atoms with Crippen LogP contribution in [0.3, 0.4) is 0 Å². The van der Waals surface area contributed by atoms with Crippen LogP contribution in [0, 0.1) is 38.0 Å². The molecule has 1 aliphatic heterocycles. The molecule has 46 heavy (non-hydrogen) atoms. The van der Waals surface area contributed by atoms with E-state index in [4.69, 9.17) is 5.11 Å². The summed E-state index contributed by atoms with van der Waals surface area (Å²) in [7, 11) is -0.424. The summed E-state index contributed by atoms with van der Waals surface area (Å²) in [5, 5.41) is 18.6. The maximum Gasteiger partial charge on any atom is 0.573 e. The summed E-state index contributed by atoms with van der Waals surface area (Å²) in [4.78, 5) is 32.6. The number of nitrogens with one attached hydrogen (secondary N) is 1. The molecule has 0 radical (unpaired) electrons. The second kappa shape index (κ2) is 18.5. The van der Waals surface area contributed by atoms with E-state index in [0.717, 1.165) is 73.8 Å². The van der Waals surface area contributed by atoms with Gasteiger partial charge in [0.2, 0.25) is 6.41 Å². The van der Waals surface area contributed by atoms with E-state index in [0.29, 0.717) is 31.3 Å². The second-order valence-electron chi connectivity index (χ2n) is 12.6. The van der Waals surface area contributed by atoms with E-state index in [2.05, 4.69) is 39.5 Å². The number of hydrogen-bond acceptors (Lipinski definition) is 6. The first-order chi connectivity index (χ1) is 21.2. The molecule has 3 heterocycles. The zero-order valence-corrected chi connectivity index (χ0v) is 32.0. The summed E-state index contributed by atoms with van der Waals surface area (Å²) in [5.41, 5.74) is 3.33. The Morgan fingerprint density at radius 2 is 1.72 bits per heavy atom. The van der Waals surface area contributed by atoms with Crippen molar-refractivity contribution in [3.8, 4) is 5.75 Å². The van der Waals surface area contributed by atoms with Gasteiger partial charge in [0.05, 0.1) is 18.2 Å². The fourth-order valence-electron chi connectivity index (χ4n) is 5.51. The van der Waals surface area contributed by atoms with Crippen LogP contribution in [-0.2, 0) is 4.79 Å². The third kappa shape index (κ3) is 13.3. The van der Waals surface area contributed by atoms with Crippen LogP contribution in [-0.4, -0.2) is 92.7 Å². The van der Waals surface area contributed by atoms with Gasteiger partial charge in [0.25, 0.3) is 0 Å². The standard InChI is InChI=1S/C19H26N4O3.C8H7F3O.C5H14OS.U/c24-12-22-7-5-15(6-8-22)23-17-10-14(11-20-18(17)21-19(23)26)13-3-1-2-4-16(25)9-13;1-6-2-4-7(5-3-6)12-8(9,10)11;1-7(2,3)5-4-6;/h10-13,15-16,25H,1-9H2,(H,20,21,26);2-5H,1H3;6H,4-5H2,1-3H3;. The molecule has 9 nitrogen and oxygen atoms in total. The molecule has 2 aromatic heterocycles. The number of likely N-dealkylation sites (tertiary alicyclic amines) is 1. The Kier molecular flexibility index (Phi) is 16.2. The van der Waals surface area contributed by atoms with Crippen molar-refractivity contribution in [1.82, 2.24) is 19.4 Å². The normalized spacial score (nSPS) is 19.5. The Hall–Kier alpha value is -1.98. The average Bonchev–Trinajstić information content (AvgIpc) is 3.13. The predicted molar refractivity (Wildman–Crippen MR) is 173 cm³/mol. The Morgan fingerprint density at radius 1 is 1.09 bits per heavy atom. The molecule has 0 spiro atoms. The maximum atomic E-state index is 12.5. The van der Waals surface area contributed by atoms with Gasteiger partial charge in [-0.3, -0.25) is 14.3 Å². The van der Waals surface area contributed by atoms with Gasteiger partial charge in [0.15, 0.2) is 5.65 Å². The number of aromatic amines is 1. The summed E-state index contributed by atoms with van der Waals surface area (Å²) in [6.07, 6.45) is 10.9. The van der Waals surface area contributed by atoms with Gasteiger partial charge in [-0.05, 0) is 93.2 Å². The summed E-state index contributed by atoms with van der Waals surface area (Å²) in [6, 6.07) is 7.84. The topological polar surface area (TPSA) is 121 Å². The minimum atomic E-state index is -4.60. The van der Waals surface area contributed by atoms with Gasteiger partial charge in [-0.25, -0.2) is 19.8 Å². The number of halogens is 3. The van der Waals surface area contributed by atoms with E-state index in [1.54, 1.807) is 24.0 Å². The number of aliphatic hydroxyl groups excluding tert-OH is 2. The molecule has 2 aliphatic rings. The third-order valence-corrected chi connectivity index (χ3v) is 9.34. The number of piperidine rings is 1. The first-order valence-electron chi connectivity index (χ1n) is 15.3. The van der Waals surface area contributed by atoms with Crippen LogP contribution in [0.25, 0.3) is 11.2 Å². The number of amides is 1. The molecule has 0 bridgehead atoms. The van der Waals surface area contributed by atoms with Crippen LogP contribution in [0.1, 0.15) is 68.0 Å². The van der Waals surface area contributed by atoms with Crippen LogP contribution < -0.4 is 10.4 Å². The molecule has 256 valence electrons. The number of hydrogen-bond donors (Lipinski definition) is 3. The summed E-state index contributed by atoms with van der Waals surface area (Å²) in [6.45, 7) is 3.49. The van der Waals surface area contributed by atoms with E-state index in [1.165, 1.54) is 12.1 Å². The number of alkyl halides is 3. The van der Waals surface area contributed by atoms with Gasteiger partial charge >= 0.3 is 12.1 Å². The molecule has 1 saturated heterocycles. The van der Waals surface area contributed by atoms with E-state index in [9.17, 15) is 27.9 Å². The number of aromatic nitrogens is 3. The van der Waals surface area contributed by atoms with Crippen molar-refractivity contribution in [2.75, 3.05) is 44.2 Å². The first kappa shape index (κ1) is 40.2. The van der Waals surface area contributed by atoms with Crippen molar-refractivity contribution in [2.24, 2.45) is 0 Å². The molecule has 1 amide bonds. The zero-order valence-electron chi connectivity index (χ0n) is 27.1. The van der Waals surface area contributed by atoms with E-state index in [1.807, 2.05) is 10.8 Å². The SMILES string of the molecule is CS(C)(C)CCO.Cc1ccc(OC(F)(F)F)cc1.O=CN1CCC(n2c(=O)[nH]c3ncc(C4CCCCC(O)C4)cc32)CC1.[U]. The molecular weight excluding hydrogens is 847 g/mol. The number of fused-ring (bicyclic) bond motifs is 1. The van der Waals surface area contributed by atoms with E-state index in [-0.39, 0.29) is 54.7 Å². The number of aryl methyl sites for hydroxylation is 1. The molecule has 3 aromatic rings. The number of pyridine rings is 1. The average molecular weight is 895 g/mol. The largest absolute Gasteiger partial charge is 0.573 e. The van der Waals surface area contributed by atoms with Crippen LogP contribution >= 0.6 is 10.0 Å². The Morgan fingerprint density at radius 3 is 2.26 bits per heavy atom. The minimum absolute atomic E-state index is 0. The molecule has 2 atom stereocenters. The second-order valence-corrected chi connectivity index (χ2v) is 17.1. The van der Waals surface area contributed by atoms with Crippen molar-refractivity contribution in [3.63, 3.8) is 0 Å². The number of carbonyl (C=O) groups excluding carboxylic acids is 1. The molecule has 2 unspecified atom stereocenters. The van der Waals surface area contributed by atoms with Crippen molar-refractivity contribution in [1.29, 1.82) is 0 Å². The van der Waals surface area contributed by atoms with Crippen LogP contribution in [0.2, 0.25) is 0 Å². The third-order valence-electron chi connectivity index (χ3n) is 7.93. The predicted octanol–water partition coefficient (Wildman–Crippen LogP) is 5.49. The molecule has 1 aliphatic carbocycles. The van der Waals surface area contributed by atoms with Gasteiger partial charge in [-0.15, -0.1) is 13.2 Å². The summed E-state index contributed by atoms with van der Waals surface area (Å²) in [5.74, 6) is 1.08. The molecule has 1 aromatic carbocycles. The Labute approximate surface area is 294 Å². The number of ether oxygens (including phenoxy) is 1. The number of imidazole rings is 1. The van der Waals surface area contributed by atoms with E-state index < -0.39 is 16.4 Å². The van der Waals surface area contributed by atoms with Gasteiger partial charge in [-0.1, -0.05) is 30.5 Å². The smallest absolute Gasteiger partial charge is 0.406 e. The van der Waals surface area contributed by atoms with Crippen LogP contribution in [0.4, 0.5) is 13.2 Å². The number of benzene rings is 1. The van der Waals surface area contributed by atoms with E-state index >= 15 is 0 Å². The Bertz CT molecular complexity index is 1400. The van der Waals surface area contributed by atoms with Crippen molar-refractivity contribution in [3.05, 3.63) is 58.1 Å². The van der Waals surface area contributed by atoms with Crippen molar-refractivity contribution in [2.45, 2.75) is 76.3 Å². The quantitative estimate of drug-likeness (QED) is 0.223. The fraction of sp³-hybridized carbons (Fsp3) is 0.594. The maximum absolute atomic E-state index is 12.5. The molecule has 3 N–H and O–H groups in total. The van der Waals surface area contributed by atoms with Gasteiger partial charge < -0.3 is 19.8 Å². The molecule has 5 rings (SSSR count). The van der Waals surface area contributed by atoms with Gasteiger partial charge in [-0.2, -0.15) is 0 Å². The number of rotatable bonds is 6. The molecule has 2 fully saturated rings. The Balaban J connectivity index is 0.000000307. The fourth-order valence-corrected chi connectivity index (χ4v) is 6.05. The number of nitrogens with zero attached hydrogens (tertiary/aromatic N) is 3. The number of aliphatic hydroxyl groups is 2. The number of carbonyl (C=O) groups is 1. The van der Waals surface area contributed by atoms with Crippen LogP contribution in [0.15, 0.2) is 41.3 Å². The van der Waals surface area contributed by atoms with Crippen molar-refractivity contribution < 1.29 is 64.0 Å². The van der Waals surface area contributed by atoms with Crippen LogP contribution in [0.5, 0.6) is 5.75 Å². The zero-order chi connectivity index (χ0) is 33.2. The molecule has 14 heteroatoms. The summed E-state index contributed by atoms with van der Waals surface area (Å²) >= 11 is 0.